The van der Waals surface area contributed by atoms with Crippen molar-refractivity contribution < 1.29 is 0 Å². The second-order valence-corrected chi connectivity index (χ2v) is 10.7. The minimum absolute atomic E-state index is 0.458. The van der Waals surface area contributed by atoms with E-state index in [1.54, 1.807) is 0 Å². The average molecular weight is 457 g/mol. The zero-order valence-corrected chi connectivity index (χ0v) is 22.7. The van der Waals surface area contributed by atoms with Crippen LogP contribution in [0.3, 0.4) is 0 Å². The molecular formula is C32H44N2. The third kappa shape index (κ3) is 5.49. The SMILES string of the molecule is CCc1c(Nc2c(C(C)C)cccc2C(C)C)cccc1Nc1c(C(C)C)cccc1C(C)C. The molecule has 0 aliphatic rings. The molecule has 0 amide bonds. The van der Waals surface area contributed by atoms with Gasteiger partial charge in [0, 0.05) is 22.7 Å². The van der Waals surface area contributed by atoms with E-state index in [4.69, 9.17) is 0 Å². The summed E-state index contributed by atoms with van der Waals surface area (Å²) in [7, 11) is 0. The van der Waals surface area contributed by atoms with Gasteiger partial charge in [-0.25, -0.2) is 0 Å². The molecule has 0 fully saturated rings. The van der Waals surface area contributed by atoms with Gasteiger partial charge in [-0.1, -0.05) is 105 Å². The van der Waals surface area contributed by atoms with Crippen molar-refractivity contribution in [2.45, 2.75) is 92.4 Å². The van der Waals surface area contributed by atoms with E-state index < -0.39 is 0 Å². The molecule has 0 saturated heterocycles. The summed E-state index contributed by atoms with van der Waals surface area (Å²) in [4.78, 5) is 0. The van der Waals surface area contributed by atoms with E-state index in [1.165, 1.54) is 50.6 Å². The molecule has 0 radical (unpaired) electrons. The van der Waals surface area contributed by atoms with Crippen molar-refractivity contribution >= 4 is 22.7 Å². The zero-order chi connectivity index (χ0) is 25.0. The second-order valence-electron chi connectivity index (χ2n) is 10.7. The molecule has 0 unspecified atom stereocenters. The van der Waals surface area contributed by atoms with Crippen molar-refractivity contribution in [2.75, 3.05) is 10.6 Å². The summed E-state index contributed by atoms with van der Waals surface area (Å²) in [5.41, 5.74) is 11.7. The summed E-state index contributed by atoms with van der Waals surface area (Å²) < 4.78 is 0. The van der Waals surface area contributed by atoms with E-state index in [0.29, 0.717) is 23.7 Å². The van der Waals surface area contributed by atoms with E-state index in [-0.39, 0.29) is 0 Å². The molecule has 3 rings (SSSR count). The van der Waals surface area contributed by atoms with Crippen LogP contribution in [0.4, 0.5) is 22.7 Å². The summed E-state index contributed by atoms with van der Waals surface area (Å²) in [5, 5.41) is 7.77. The van der Waals surface area contributed by atoms with Gasteiger partial charge in [0.2, 0.25) is 0 Å². The summed E-state index contributed by atoms with van der Waals surface area (Å²) in [6.07, 6.45) is 0.952. The Kier molecular flexibility index (Phi) is 8.47. The van der Waals surface area contributed by atoms with Crippen LogP contribution in [0, 0.1) is 0 Å². The number of rotatable bonds is 9. The molecule has 0 aliphatic heterocycles. The standard InChI is InChI=1S/C32H44N2/c1-10-24-29(33-31-25(20(2)3)14-11-15-26(31)21(4)5)18-13-19-30(24)34-32-27(22(6)7)16-12-17-28(32)23(8)9/h11-23,33-34H,10H2,1-9H3. The predicted molar refractivity (Wildman–Crippen MR) is 152 cm³/mol. The second kappa shape index (κ2) is 11.1. The zero-order valence-electron chi connectivity index (χ0n) is 22.7. The fraction of sp³-hybridized carbons (Fsp3) is 0.438. The smallest absolute Gasteiger partial charge is 0.0454 e. The quantitative estimate of drug-likeness (QED) is 0.334. The Bertz CT molecular complexity index is 970. The number of benzene rings is 3. The Hall–Kier alpha value is -2.74. The normalized spacial score (nSPS) is 11.7. The largest absolute Gasteiger partial charge is 0.355 e. The van der Waals surface area contributed by atoms with Crippen LogP contribution in [-0.2, 0) is 6.42 Å². The number of hydrogen-bond donors (Lipinski definition) is 2. The van der Waals surface area contributed by atoms with Crippen LogP contribution in [0.5, 0.6) is 0 Å². The fourth-order valence-electron chi connectivity index (χ4n) is 4.86. The van der Waals surface area contributed by atoms with Crippen molar-refractivity contribution in [1.82, 2.24) is 0 Å². The van der Waals surface area contributed by atoms with E-state index >= 15 is 0 Å². The van der Waals surface area contributed by atoms with Crippen LogP contribution in [-0.4, -0.2) is 0 Å². The summed E-state index contributed by atoms with van der Waals surface area (Å²) >= 11 is 0. The Morgan fingerprint density at radius 2 is 0.794 bits per heavy atom. The van der Waals surface area contributed by atoms with Gasteiger partial charge in [0.1, 0.15) is 0 Å². The van der Waals surface area contributed by atoms with Gasteiger partial charge in [0.25, 0.3) is 0 Å². The summed E-state index contributed by atoms with van der Waals surface area (Å²) in [6, 6.07) is 20.1. The molecule has 0 bridgehead atoms. The predicted octanol–water partition coefficient (Wildman–Crippen LogP) is 10.2. The summed E-state index contributed by atoms with van der Waals surface area (Å²) in [5.74, 6) is 1.83. The van der Waals surface area contributed by atoms with Crippen LogP contribution in [0.15, 0.2) is 54.6 Å². The van der Waals surface area contributed by atoms with Crippen molar-refractivity contribution in [3.05, 3.63) is 82.4 Å². The van der Waals surface area contributed by atoms with Gasteiger partial charge in [-0.3, -0.25) is 0 Å². The lowest BCUT2D eigenvalue weighted by molar-refractivity contribution is 0.838. The van der Waals surface area contributed by atoms with Gasteiger partial charge in [0.05, 0.1) is 0 Å². The maximum absolute atomic E-state index is 3.88. The molecular weight excluding hydrogens is 412 g/mol. The third-order valence-electron chi connectivity index (χ3n) is 6.79. The molecule has 0 spiro atoms. The first-order valence-electron chi connectivity index (χ1n) is 13.1. The maximum atomic E-state index is 3.88. The Balaban J connectivity index is 2.11. The minimum Gasteiger partial charge on any atom is -0.355 e. The van der Waals surface area contributed by atoms with Crippen molar-refractivity contribution in [3.63, 3.8) is 0 Å². The third-order valence-corrected chi connectivity index (χ3v) is 6.79. The van der Waals surface area contributed by atoms with Gasteiger partial charge < -0.3 is 10.6 Å². The molecule has 2 N–H and O–H groups in total. The van der Waals surface area contributed by atoms with Gasteiger partial charge in [-0.2, -0.15) is 0 Å². The number of anilines is 4. The first-order valence-corrected chi connectivity index (χ1v) is 13.1. The molecule has 0 atom stereocenters. The number of hydrogen-bond acceptors (Lipinski definition) is 2. The monoisotopic (exact) mass is 456 g/mol. The van der Waals surface area contributed by atoms with E-state index in [0.717, 1.165) is 6.42 Å². The van der Waals surface area contributed by atoms with E-state index in [1.807, 2.05) is 0 Å². The molecule has 3 aromatic carbocycles. The van der Waals surface area contributed by atoms with Crippen LogP contribution in [0.2, 0.25) is 0 Å². The number of para-hydroxylation sites is 2. The molecule has 0 aliphatic carbocycles. The molecule has 0 aromatic heterocycles. The lowest BCUT2D eigenvalue weighted by Gasteiger charge is -2.25. The van der Waals surface area contributed by atoms with Gasteiger partial charge in [-0.05, 0) is 70.0 Å². The van der Waals surface area contributed by atoms with Crippen LogP contribution >= 0.6 is 0 Å². The first kappa shape index (κ1) is 25.9. The average Bonchev–Trinajstić information content (AvgIpc) is 2.78. The minimum atomic E-state index is 0.458. The molecule has 2 heteroatoms. The Morgan fingerprint density at radius 3 is 1.06 bits per heavy atom. The van der Waals surface area contributed by atoms with Crippen LogP contribution in [0.1, 0.15) is 114 Å². The molecule has 182 valence electrons. The fourth-order valence-corrected chi connectivity index (χ4v) is 4.86. The lowest BCUT2D eigenvalue weighted by Crippen LogP contribution is -2.08. The number of nitrogens with one attached hydrogen (secondary N) is 2. The van der Waals surface area contributed by atoms with E-state index in [2.05, 4.69) is 128 Å². The van der Waals surface area contributed by atoms with Crippen molar-refractivity contribution in [2.24, 2.45) is 0 Å². The Morgan fingerprint density at radius 1 is 0.500 bits per heavy atom. The Labute approximate surface area is 208 Å². The molecule has 2 nitrogen and oxygen atoms in total. The van der Waals surface area contributed by atoms with Crippen LogP contribution in [0.25, 0.3) is 0 Å². The lowest BCUT2D eigenvalue weighted by atomic mass is 9.91. The highest BCUT2D eigenvalue weighted by Crippen LogP contribution is 2.39. The van der Waals surface area contributed by atoms with Crippen molar-refractivity contribution in [3.8, 4) is 0 Å². The molecule has 0 heterocycles. The highest BCUT2D eigenvalue weighted by Gasteiger charge is 2.18. The molecule has 3 aromatic rings. The summed E-state index contributed by atoms with van der Waals surface area (Å²) in [6.45, 7) is 20.5. The van der Waals surface area contributed by atoms with Crippen molar-refractivity contribution in [1.29, 1.82) is 0 Å². The highest BCUT2D eigenvalue weighted by molar-refractivity contribution is 5.78. The van der Waals surface area contributed by atoms with Crippen LogP contribution < -0.4 is 10.6 Å². The highest BCUT2D eigenvalue weighted by atomic mass is 14.9. The van der Waals surface area contributed by atoms with E-state index in [9.17, 15) is 0 Å². The molecule has 0 saturated carbocycles. The van der Waals surface area contributed by atoms with Gasteiger partial charge in [-0.15, -0.1) is 0 Å². The van der Waals surface area contributed by atoms with Gasteiger partial charge in [0.15, 0.2) is 0 Å². The maximum Gasteiger partial charge on any atom is 0.0454 e. The first-order chi connectivity index (χ1) is 16.1. The van der Waals surface area contributed by atoms with Gasteiger partial charge >= 0.3 is 0 Å². The topological polar surface area (TPSA) is 24.1 Å². The molecule has 34 heavy (non-hydrogen) atoms.